The molecule has 0 aliphatic heterocycles. The molecular weight excluding hydrogens is 254 g/mol. The second-order valence-electron chi connectivity index (χ2n) is 4.69. The molecule has 5 heteroatoms. The van der Waals surface area contributed by atoms with Gasteiger partial charge in [0.1, 0.15) is 11.8 Å². The summed E-state index contributed by atoms with van der Waals surface area (Å²) in [7, 11) is 0. The molecule has 0 aliphatic rings. The Morgan fingerprint density at radius 3 is 2.61 bits per heavy atom. The number of nitrogens with one attached hydrogen (secondary N) is 1. The first-order chi connectivity index (χ1) is 8.40. The minimum Gasteiger partial charge on any atom is -0.506 e. The highest BCUT2D eigenvalue weighted by Gasteiger charge is 2.17. The van der Waals surface area contributed by atoms with Crippen LogP contribution in [-0.2, 0) is 11.3 Å². The van der Waals surface area contributed by atoms with E-state index in [0.29, 0.717) is 18.9 Å². The van der Waals surface area contributed by atoms with Crippen LogP contribution in [0.4, 0.5) is 0 Å². The highest BCUT2D eigenvalue weighted by atomic mass is 35.5. The molecule has 0 aliphatic carbocycles. The van der Waals surface area contributed by atoms with Crippen LogP contribution in [0.2, 0.25) is 5.02 Å². The first-order valence-electron chi connectivity index (χ1n) is 5.83. The first kappa shape index (κ1) is 14.8. The van der Waals surface area contributed by atoms with Gasteiger partial charge in [-0.05, 0) is 30.0 Å². The second kappa shape index (κ2) is 6.61. The van der Waals surface area contributed by atoms with Crippen LogP contribution in [0.3, 0.4) is 0 Å². The molecular formula is C13H18ClNO3. The molecule has 0 heterocycles. The van der Waals surface area contributed by atoms with Crippen molar-refractivity contribution in [1.29, 1.82) is 0 Å². The number of aromatic hydroxyl groups is 1. The number of carboxylic acids is 1. The molecule has 4 nitrogen and oxygen atoms in total. The third kappa shape index (κ3) is 4.55. The van der Waals surface area contributed by atoms with Gasteiger partial charge >= 0.3 is 5.97 Å². The van der Waals surface area contributed by atoms with Crippen molar-refractivity contribution in [2.45, 2.75) is 32.9 Å². The Balaban J connectivity index is 2.61. The van der Waals surface area contributed by atoms with E-state index in [0.717, 1.165) is 5.56 Å². The number of carboxylic acid groups (broad SMARTS) is 1. The number of hydrogen-bond acceptors (Lipinski definition) is 3. The fraction of sp³-hybridized carbons (Fsp3) is 0.462. The summed E-state index contributed by atoms with van der Waals surface area (Å²) in [5.41, 5.74) is 0.841. The maximum Gasteiger partial charge on any atom is 0.320 e. The number of hydrogen-bond donors (Lipinski definition) is 3. The van der Waals surface area contributed by atoms with Gasteiger partial charge in [-0.1, -0.05) is 31.5 Å². The maximum atomic E-state index is 11.0. The van der Waals surface area contributed by atoms with Crippen LogP contribution in [0.25, 0.3) is 0 Å². The van der Waals surface area contributed by atoms with E-state index in [1.165, 1.54) is 6.07 Å². The Bertz CT molecular complexity index is 421. The Morgan fingerprint density at radius 1 is 1.44 bits per heavy atom. The zero-order chi connectivity index (χ0) is 13.7. The van der Waals surface area contributed by atoms with Gasteiger partial charge < -0.3 is 15.5 Å². The van der Waals surface area contributed by atoms with Crippen molar-refractivity contribution in [3.8, 4) is 5.75 Å². The molecule has 18 heavy (non-hydrogen) atoms. The highest BCUT2D eigenvalue weighted by molar-refractivity contribution is 6.32. The average molecular weight is 272 g/mol. The Labute approximate surface area is 112 Å². The Kier molecular flexibility index (Phi) is 5.44. The Morgan fingerprint density at radius 2 is 2.11 bits per heavy atom. The molecule has 0 radical (unpaired) electrons. The maximum absolute atomic E-state index is 11.0. The molecule has 100 valence electrons. The molecule has 0 spiro atoms. The zero-order valence-electron chi connectivity index (χ0n) is 10.5. The largest absolute Gasteiger partial charge is 0.506 e. The van der Waals surface area contributed by atoms with Crippen LogP contribution in [0, 0.1) is 5.92 Å². The number of phenols is 1. The lowest BCUT2D eigenvalue weighted by molar-refractivity contribution is -0.140. The van der Waals surface area contributed by atoms with Gasteiger partial charge in [0.15, 0.2) is 0 Å². The van der Waals surface area contributed by atoms with Crippen LogP contribution < -0.4 is 5.32 Å². The number of benzene rings is 1. The molecule has 3 N–H and O–H groups in total. The summed E-state index contributed by atoms with van der Waals surface area (Å²) in [4.78, 5) is 11.0. The predicted molar refractivity (Wildman–Crippen MR) is 70.8 cm³/mol. The van der Waals surface area contributed by atoms with Crippen molar-refractivity contribution >= 4 is 17.6 Å². The summed E-state index contributed by atoms with van der Waals surface area (Å²) < 4.78 is 0. The van der Waals surface area contributed by atoms with E-state index in [-0.39, 0.29) is 10.8 Å². The number of carbonyl (C=O) groups is 1. The van der Waals surface area contributed by atoms with E-state index < -0.39 is 12.0 Å². The fourth-order valence-corrected chi connectivity index (χ4v) is 1.85. The lowest BCUT2D eigenvalue weighted by Gasteiger charge is -2.16. The SMILES string of the molecule is CC(C)CC(NCc1ccc(O)c(Cl)c1)C(=O)O. The molecule has 0 saturated heterocycles. The smallest absolute Gasteiger partial charge is 0.320 e. The number of aliphatic carboxylic acids is 1. The van der Waals surface area contributed by atoms with Gasteiger partial charge in [0, 0.05) is 6.54 Å². The highest BCUT2D eigenvalue weighted by Crippen LogP contribution is 2.23. The molecule has 0 saturated carbocycles. The van der Waals surface area contributed by atoms with E-state index >= 15 is 0 Å². The third-order valence-electron chi connectivity index (χ3n) is 2.57. The summed E-state index contributed by atoms with van der Waals surface area (Å²) in [6.07, 6.45) is 0.571. The summed E-state index contributed by atoms with van der Waals surface area (Å²) in [5.74, 6) is -0.520. The third-order valence-corrected chi connectivity index (χ3v) is 2.87. The van der Waals surface area contributed by atoms with E-state index in [9.17, 15) is 9.90 Å². The molecule has 1 aromatic carbocycles. The summed E-state index contributed by atoms with van der Waals surface area (Å²) in [6.45, 7) is 4.37. The quantitative estimate of drug-likeness (QED) is 0.744. The molecule has 1 aromatic rings. The summed E-state index contributed by atoms with van der Waals surface area (Å²) in [5, 5.41) is 21.6. The van der Waals surface area contributed by atoms with E-state index in [4.69, 9.17) is 16.7 Å². The Hall–Kier alpha value is -1.26. The van der Waals surface area contributed by atoms with Gasteiger partial charge in [-0.2, -0.15) is 0 Å². The van der Waals surface area contributed by atoms with Crippen molar-refractivity contribution < 1.29 is 15.0 Å². The molecule has 0 aromatic heterocycles. The van der Waals surface area contributed by atoms with E-state index in [1.807, 2.05) is 13.8 Å². The molecule has 1 rings (SSSR count). The average Bonchev–Trinajstić information content (AvgIpc) is 2.28. The van der Waals surface area contributed by atoms with Gasteiger partial charge in [-0.3, -0.25) is 4.79 Å². The van der Waals surface area contributed by atoms with Gasteiger partial charge in [-0.15, -0.1) is 0 Å². The number of rotatable bonds is 6. The van der Waals surface area contributed by atoms with Crippen molar-refractivity contribution in [3.05, 3.63) is 28.8 Å². The van der Waals surface area contributed by atoms with Crippen LogP contribution in [0.1, 0.15) is 25.8 Å². The van der Waals surface area contributed by atoms with Crippen LogP contribution >= 0.6 is 11.6 Å². The predicted octanol–water partition coefficient (Wildman–Crippen LogP) is 2.63. The van der Waals surface area contributed by atoms with Crippen molar-refractivity contribution in [1.82, 2.24) is 5.32 Å². The van der Waals surface area contributed by atoms with Crippen molar-refractivity contribution in [2.75, 3.05) is 0 Å². The topological polar surface area (TPSA) is 69.6 Å². The standard InChI is InChI=1S/C13H18ClNO3/c1-8(2)5-11(13(17)18)15-7-9-3-4-12(16)10(14)6-9/h3-4,6,8,11,15-16H,5,7H2,1-2H3,(H,17,18). The first-order valence-corrected chi connectivity index (χ1v) is 6.21. The van der Waals surface area contributed by atoms with E-state index in [1.54, 1.807) is 12.1 Å². The van der Waals surface area contributed by atoms with Gasteiger partial charge in [0.05, 0.1) is 5.02 Å². The molecule has 1 atom stereocenters. The van der Waals surface area contributed by atoms with Gasteiger partial charge in [0.2, 0.25) is 0 Å². The minimum absolute atomic E-state index is 0.0254. The van der Waals surface area contributed by atoms with Crippen LogP contribution in [0.5, 0.6) is 5.75 Å². The molecule has 0 fully saturated rings. The van der Waals surface area contributed by atoms with Crippen molar-refractivity contribution in [3.63, 3.8) is 0 Å². The fourth-order valence-electron chi connectivity index (χ4n) is 1.64. The monoisotopic (exact) mass is 271 g/mol. The van der Waals surface area contributed by atoms with Gasteiger partial charge in [-0.25, -0.2) is 0 Å². The molecule has 0 amide bonds. The number of phenolic OH excluding ortho intramolecular Hbond substituents is 1. The van der Waals surface area contributed by atoms with Crippen LogP contribution in [-0.4, -0.2) is 22.2 Å². The normalized spacial score (nSPS) is 12.7. The van der Waals surface area contributed by atoms with Gasteiger partial charge in [0.25, 0.3) is 0 Å². The minimum atomic E-state index is -0.853. The van der Waals surface area contributed by atoms with Crippen molar-refractivity contribution in [2.24, 2.45) is 5.92 Å². The number of halogens is 1. The molecule has 0 bridgehead atoms. The summed E-state index contributed by atoms with van der Waals surface area (Å²) in [6, 6.07) is 4.26. The summed E-state index contributed by atoms with van der Waals surface area (Å²) >= 11 is 5.78. The van der Waals surface area contributed by atoms with Crippen LogP contribution in [0.15, 0.2) is 18.2 Å². The van der Waals surface area contributed by atoms with E-state index in [2.05, 4.69) is 5.32 Å². The zero-order valence-corrected chi connectivity index (χ0v) is 11.2. The molecule has 1 unspecified atom stereocenters. The lowest BCUT2D eigenvalue weighted by atomic mass is 10.0. The second-order valence-corrected chi connectivity index (χ2v) is 5.09. The lowest BCUT2D eigenvalue weighted by Crippen LogP contribution is -2.37.